The van der Waals surface area contributed by atoms with Crippen LogP contribution in [-0.2, 0) is 4.79 Å². The summed E-state index contributed by atoms with van der Waals surface area (Å²) in [6.45, 7) is 2.48. The number of carbonyl (C=O) groups excluding carboxylic acids is 2. The van der Waals surface area contributed by atoms with Crippen LogP contribution in [0, 0.1) is 6.92 Å². The third-order valence-corrected chi connectivity index (χ3v) is 4.68. The Morgan fingerprint density at radius 2 is 1.93 bits per heavy atom. The number of halogens is 2. The Balaban J connectivity index is 0.00000300. The number of hydrogen-bond donors (Lipinski definition) is 2. The van der Waals surface area contributed by atoms with Gasteiger partial charge in [-0.15, -0.1) is 17.5 Å². The van der Waals surface area contributed by atoms with E-state index >= 15 is 0 Å². The van der Waals surface area contributed by atoms with Crippen LogP contribution >= 0.6 is 12.4 Å². The highest BCUT2D eigenvalue weighted by atomic mass is 35.5. The van der Waals surface area contributed by atoms with E-state index in [1.54, 1.807) is 6.92 Å². The molecule has 2 heterocycles. The van der Waals surface area contributed by atoms with Gasteiger partial charge in [0.15, 0.2) is 5.69 Å². The van der Waals surface area contributed by atoms with Gasteiger partial charge in [-0.1, -0.05) is 18.2 Å². The topological polar surface area (TPSA) is 106 Å². The van der Waals surface area contributed by atoms with Gasteiger partial charge in [-0.3, -0.25) is 9.59 Å². The quantitative estimate of drug-likeness (QED) is 0.623. The Hall–Kier alpha value is -2.52. The lowest BCUT2D eigenvalue weighted by Crippen LogP contribution is -2.56. The molecule has 0 radical (unpaired) electrons. The third-order valence-electron chi connectivity index (χ3n) is 4.68. The highest BCUT2D eigenvalue weighted by Crippen LogP contribution is 2.14. The number of aryl methyl sites for hydroxylation is 1. The van der Waals surface area contributed by atoms with Gasteiger partial charge in [-0.25, -0.2) is 4.39 Å². The average molecular weight is 425 g/mol. The second kappa shape index (κ2) is 10.3. The average Bonchev–Trinajstić information content (AvgIpc) is 3.07. The van der Waals surface area contributed by atoms with E-state index in [-0.39, 0.29) is 43.0 Å². The lowest BCUT2D eigenvalue weighted by molar-refractivity contribution is -0.139. The highest BCUT2D eigenvalue weighted by molar-refractivity contribution is 5.93. The molecule has 3 N–H and O–H groups in total. The minimum atomic E-state index is -0.922. The molecule has 1 aliphatic heterocycles. The summed E-state index contributed by atoms with van der Waals surface area (Å²) in [6.07, 6.45) is 0.959. The zero-order chi connectivity index (χ0) is 20.1. The molecule has 10 heteroatoms. The van der Waals surface area contributed by atoms with Crippen molar-refractivity contribution in [3.05, 3.63) is 41.7 Å². The number of nitrogens with zero attached hydrogens (tertiary/aromatic N) is 4. The van der Waals surface area contributed by atoms with Crippen LogP contribution in [0.2, 0.25) is 0 Å². The molecule has 0 bridgehead atoms. The van der Waals surface area contributed by atoms with Crippen LogP contribution in [0.1, 0.15) is 35.4 Å². The summed E-state index contributed by atoms with van der Waals surface area (Å²) in [6, 6.07) is 8.76. The van der Waals surface area contributed by atoms with E-state index in [0.717, 1.165) is 5.69 Å². The van der Waals surface area contributed by atoms with E-state index in [2.05, 4.69) is 15.5 Å². The van der Waals surface area contributed by atoms with Gasteiger partial charge in [0.2, 0.25) is 5.91 Å². The van der Waals surface area contributed by atoms with Gasteiger partial charge >= 0.3 is 0 Å². The maximum absolute atomic E-state index is 12.8. The molecule has 1 aliphatic rings. The van der Waals surface area contributed by atoms with Crippen LogP contribution in [0.4, 0.5) is 4.39 Å². The molecule has 158 valence electrons. The van der Waals surface area contributed by atoms with Crippen LogP contribution in [0.5, 0.6) is 0 Å². The number of para-hydroxylation sites is 1. The summed E-state index contributed by atoms with van der Waals surface area (Å²) in [5, 5.41) is 11.4. The van der Waals surface area contributed by atoms with Crippen molar-refractivity contribution in [1.29, 1.82) is 0 Å². The maximum Gasteiger partial charge on any atom is 0.273 e. The molecule has 0 unspecified atom stereocenters. The minimum absolute atomic E-state index is 0. The number of likely N-dealkylation sites (tertiary alicyclic amines) is 1. The van der Waals surface area contributed by atoms with Crippen molar-refractivity contribution in [3.63, 3.8) is 0 Å². The molecular formula is C19H26ClFN6O2. The number of hydrogen-bond acceptors (Lipinski definition) is 5. The van der Waals surface area contributed by atoms with Crippen molar-refractivity contribution in [3.8, 4) is 5.69 Å². The Morgan fingerprint density at radius 1 is 1.24 bits per heavy atom. The summed E-state index contributed by atoms with van der Waals surface area (Å²) in [5.41, 5.74) is 7.48. The number of amides is 2. The number of aromatic nitrogens is 3. The second-order valence-electron chi connectivity index (χ2n) is 6.96. The van der Waals surface area contributed by atoms with E-state index in [4.69, 9.17) is 5.73 Å². The van der Waals surface area contributed by atoms with E-state index < -0.39 is 12.2 Å². The molecule has 3 rings (SSSR count). The minimum Gasteiger partial charge on any atom is -0.351 e. The van der Waals surface area contributed by atoms with E-state index in [1.807, 2.05) is 30.3 Å². The van der Waals surface area contributed by atoms with E-state index in [9.17, 15) is 14.0 Å². The van der Waals surface area contributed by atoms with Crippen LogP contribution in [0.25, 0.3) is 5.69 Å². The summed E-state index contributed by atoms with van der Waals surface area (Å²) in [4.78, 5) is 27.1. The molecule has 0 saturated carbocycles. The zero-order valence-corrected chi connectivity index (χ0v) is 17.1. The fourth-order valence-corrected chi connectivity index (χ4v) is 3.00. The molecular weight excluding hydrogens is 399 g/mol. The van der Waals surface area contributed by atoms with Gasteiger partial charge in [0, 0.05) is 6.54 Å². The molecule has 1 fully saturated rings. The van der Waals surface area contributed by atoms with Gasteiger partial charge in [0.05, 0.1) is 30.5 Å². The van der Waals surface area contributed by atoms with Crippen molar-refractivity contribution in [1.82, 2.24) is 25.2 Å². The van der Waals surface area contributed by atoms with Crippen molar-refractivity contribution in [2.75, 3.05) is 19.6 Å². The van der Waals surface area contributed by atoms with Crippen LogP contribution in [0.15, 0.2) is 30.3 Å². The third kappa shape index (κ3) is 5.74. The number of nitrogens with one attached hydrogen (secondary N) is 1. The summed E-state index contributed by atoms with van der Waals surface area (Å²) in [5.74, 6) is -0.485. The standard InChI is InChI=1S/C19H25FN6O2.ClH/c1-13-17(24-26(23-13)15-7-3-2-4-8-15)18(27)22-10-6-5-9-16(21)19(28)25-11-14(20)12-25;/h2-4,7-8,14,16H,5-6,9-12,21H2,1H3,(H,22,27);1H/t16-;/m0./s1. The SMILES string of the molecule is Cc1nn(-c2ccccc2)nc1C(=O)NCCCC[C@H](N)C(=O)N1CC(F)C1.Cl. The first kappa shape index (κ1) is 22.8. The van der Waals surface area contributed by atoms with Crippen LogP contribution in [-0.4, -0.2) is 63.6 Å². The first-order chi connectivity index (χ1) is 13.5. The molecule has 1 aromatic heterocycles. The van der Waals surface area contributed by atoms with E-state index in [0.29, 0.717) is 31.5 Å². The second-order valence-corrected chi connectivity index (χ2v) is 6.96. The van der Waals surface area contributed by atoms with Crippen molar-refractivity contribution in [2.24, 2.45) is 5.73 Å². The Morgan fingerprint density at radius 3 is 2.59 bits per heavy atom. The molecule has 2 aromatic rings. The first-order valence-electron chi connectivity index (χ1n) is 9.41. The Kier molecular flexibility index (Phi) is 8.10. The molecule has 1 atom stereocenters. The molecule has 0 aliphatic carbocycles. The number of alkyl halides is 1. The lowest BCUT2D eigenvalue weighted by Gasteiger charge is -2.36. The van der Waals surface area contributed by atoms with Gasteiger partial charge in [-0.05, 0) is 38.3 Å². The van der Waals surface area contributed by atoms with Crippen molar-refractivity contribution >= 4 is 24.2 Å². The maximum atomic E-state index is 12.8. The van der Waals surface area contributed by atoms with Gasteiger partial charge in [0.25, 0.3) is 5.91 Å². The highest BCUT2D eigenvalue weighted by Gasteiger charge is 2.32. The number of carbonyl (C=O) groups is 2. The molecule has 2 amide bonds. The summed E-state index contributed by atoms with van der Waals surface area (Å²) < 4.78 is 12.8. The molecule has 1 aromatic carbocycles. The predicted molar refractivity (Wildman–Crippen MR) is 109 cm³/mol. The normalized spacial score (nSPS) is 14.7. The largest absolute Gasteiger partial charge is 0.351 e. The van der Waals surface area contributed by atoms with Crippen LogP contribution < -0.4 is 11.1 Å². The Bertz CT molecular complexity index is 825. The molecule has 0 spiro atoms. The smallest absolute Gasteiger partial charge is 0.273 e. The number of nitrogens with two attached hydrogens (primary N) is 1. The number of benzene rings is 1. The van der Waals surface area contributed by atoms with Crippen molar-refractivity contribution < 1.29 is 14.0 Å². The van der Waals surface area contributed by atoms with Crippen molar-refractivity contribution in [2.45, 2.75) is 38.4 Å². The fourth-order valence-electron chi connectivity index (χ4n) is 3.00. The predicted octanol–water partition coefficient (Wildman–Crippen LogP) is 1.41. The fraction of sp³-hybridized carbons (Fsp3) is 0.474. The monoisotopic (exact) mass is 424 g/mol. The summed E-state index contributed by atoms with van der Waals surface area (Å²) in [7, 11) is 0. The van der Waals surface area contributed by atoms with Gasteiger partial charge in [0.1, 0.15) is 6.17 Å². The van der Waals surface area contributed by atoms with E-state index in [1.165, 1.54) is 9.70 Å². The Labute approximate surface area is 175 Å². The van der Waals surface area contributed by atoms with Gasteiger partial charge < -0.3 is 16.0 Å². The number of rotatable bonds is 8. The number of unbranched alkanes of at least 4 members (excludes halogenated alkanes) is 1. The first-order valence-corrected chi connectivity index (χ1v) is 9.41. The zero-order valence-electron chi connectivity index (χ0n) is 16.3. The summed E-state index contributed by atoms with van der Waals surface area (Å²) >= 11 is 0. The van der Waals surface area contributed by atoms with Gasteiger partial charge in [-0.2, -0.15) is 9.90 Å². The molecule has 8 nitrogen and oxygen atoms in total. The van der Waals surface area contributed by atoms with Crippen LogP contribution in [0.3, 0.4) is 0 Å². The molecule has 1 saturated heterocycles. The molecule has 29 heavy (non-hydrogen) atoms. The lowest BCUT2D eigenvalue weighted by atomic mass is 10.1.